The fourth-order valence-corrected chi connectivity index (χ4v) is 5.28. The molecule has 4 rings (SSSR count). The van der Waals surface area contributed by atoms with Gasteiger partial charge in [-0.1, -0.05) is 44.5 Å². The molecule has 8 nitrogen and oxygen atoms in total. The van der Waals surface area contributed by atoms with Crippen LogP contribution in [0.1, 0.15) is 44.2 Å². The minimum absolute atomic E-state index is 0.0849. The zero-order valence-corrected chi connectivity index (χ0v) is 19.6. The number of hydrogen-bond acceptors (Lipinski definition) is 5. The van der Waals surface area contributed by atoms with Crippen molar-refractivity contribution in [1.82, 2.24) is 10.0 Å². The lowest BCUT2D eigenvalue weighted by Gasteiger charge is -2.20. The largest absolute Gasteiger partial charge is 0.350 e. The van der Waals surface area contributed by atoms with Gasteiger partial charge in [0.1, 0.15) is 11.9 Å². The van der Waals surface area contributed by atoms with Crippen molar-refractivity contribution in [2.75, 3.05) is 11.4 Å². The summed E-state index contributed by atoms with van der Waals surface area (Å²) in [5.74, 6) is -0.0149. The van der Waals surface area contributed by atoms with E-state index in [1.165, 1.54) is 6.07 Å². The maximum Gasteiger partial charge on any atom is 0.263 e. The van der Waals surface area contributed by atoms with Crippen molar-refractivity contribution >= 4 is 33.4 Å². The average Bonchev–Trinajstić information content (AvgIpc) is 3.36. The van der Waals surface area contributed by atoms with Crippen molar-refractivity contribution in [1.29, 1.82) is 0 Å². The van der Waals surface area contributed by atoms with Gasteiger partial charge in [0, 0.05) is 30.8 Å². The van der Waals surface area contributed by atoms with Crippen molar-refractivity contribution in [2.24, 2.45) is 10.9 Å². The Kier molecular flexibility index (Phi) is 6.51. The van der Waals surface area contributed by atoms with E-state index < -0.39 is 16.1 Å². The Hall–Kier alpha value is -3.20. The van der Waals surface area contributed by atoms with Crippen molar-refractivity contribution in [3.63, 3.8) is 0 Å². The molecule has 2 aromatic rings. The van der Waals surface area contributed by atoms with Crippen LogP contribution >= 0.6 is 0 Å². The molecule has 1 saturated heterocycles. The second-order valence-corrected chi connectivity index (χ2v) is 10.1. The summed E-state index contributed by atoms with van der Waals surface area (Å²) < 4.78 is 27.3. The Balaban J connectivity index is 1.48. The lowest BCUT2D eigenvalue weighted by atomic mass is 9.98. The van der Waals surface area contributed by atoms with Crippen molar-refractivity contribution in [2.45, 2.75) is 50.6 Å². The number of sulfonamides is 1. The van der Waals surface area contributed by atoms with Crippen LogP contribution in [0.2, 0.25) is 0 Å². The Morgan fingerprint density at radius 1 is 1.18 bits per heavy atom. The zero-order valence-electron chi connectivity index (χ0n) is 18.7. The van der Waals surface area contributed by atoms with Gasteiger partial charge in [0.15, 0.2) is 0 Å². The van der Waals surface area contributed by atoms with E-state index in [-0.39, 0.29) is 28.5 Å². The highest BCUT2D eigenvalue weighted by Crippen LogP contribution is 2.24. The van der Waals surface area contributed by atoms with Crippen molar-refractivity contribution in [3.05, 3.63) is 59.7 Å². The first kappa shape index (κ1) is 23.0. The maximum atomic E-state index is 13.0. The van der Waals surface area contributed by atoms with E-state index in [1.807, 2.05) is 38.1 Å². The second kappa shape index (κ2) is 9.35. The Bertz CT molecular complexity index is 1190. The molecule has 0 bridgehead atoms. The van der Waals surface area contributed by atoms with Crippen LogP contribution in [0, 0.1) is 5.92 Å². The van der Waals surface area contributed by atoms with Crippen LogP contribution < -0.4 is 14.9 Å². The second-order valence-electron chi connectivity index (χ2n) is 8.44. The number of hydrogen-bond donors (Lipinski definition) is 2. The SMILES string of the molecule is CC[C@H](C)[C@H](N=C1NS(=O)(=O)c2ccccc21)C(=O)NCc1ccc(N2CCCC2=O)cc1. The molecule has 0 aromatic heterocycles. The number of carbonyl (C=O) groups excluding carboxylic acids is 2. The standard InChI is InChI=1S/C24H28N4O4S/c1-3-16(2)22(26-23-19-7-4-5-8-20(19)33(31,32)27-23)24(30)25-15-17-10-12-18(13-11-17)28-14-6-9-21(28)29/h4-5,7-8,10-13,16,22H,3,6,9,14-15H2,1-2H3,(H,25,30)(H,26,27)/t16-,22-/m0/s1. The summed E-state index contributed by atoms with van der Waals surface area (Å²) in [4.78, 5) is 31.4. The maximum absolute atomic E-state index is 13.0. The van der Waals surface area contributed by atoms with Gasteiger partial charge < -0.3 is 10.2 Å². The summed E-state index contributed by atoms with van der Waals surface area (Å²) in [6.07, 6.45) is 2.16. The first-order valence-electron chi connectivity index (χ1n) is 11.2. The minimum atomic E-state index is -3.67. The number of carbonyl (C=O) groups is 2. The van der Waals surface area contributed by atoms with E-state index in [2.05, 4.69) is 15.0 Å². The summed E-state index contributed by atoms with van der Waals surface area (Å²) in [6.45, 7) is 4.94. The molecular formula is C24H28N4O4S. The minimum Gasteiger partial charge on any atom is -0.350 e. The fraction of sp³-hybridized carbons (Fsp3) is 0.375. The lowest BCUT2D eigenvalue weighted by molar-refractivity contribution is -0.123. The molecule has 2 N–H and O–H groups in total. The molecule has 33 heavy (non-hydrogen) atoms. The van der Waals surface area contributed by atoms with Gasteiger partial charge in [-0.2, -0.15) is 0 Å². The quantitative estimate of drug-likeness (QED) is 0.651. The summed E-state index contributed by atoms with van der Waals surface area (Å²) >= 11 is 0. The Morgan fingerprint density at radius 3 is 2.58 bits per heavy atom. The molecular weight excluding hydrogens is 440 g/mol. The molecule has 1 fully saturated rings. The molecule has 0 unspecified atom stereocenters. The van der Waals surface area contributed by atoms with E-state index >= 15 is 0 Å². The third kappa shape index (κ3) is 4.78. The van der Waals surface area contributed by atoms with Crippen LogP contribution in [0.3, 0.4) is 0 Å². The number of nitrogens with one attached hydrogen (secondary N) is 2. The van der Waals surface area contributed by atoms with Gasteiger partial charge in [-0.25, -0.2) is 8.42 Å². The van der Waals surface area contributed by atoms with Crippen LogP contribution in [-0.2, 0) is 26.2 Å². The van der Waals surface area contributed by atoms with Gasteiger partial charge in [0.05, 0.1) is 4.90 Å². The van der Waals surface area contributed by atoms with Crippen LogP contribution in [0.5, 0.6) is 0 Å². The first-order valence-corrected chi connectivity index (χ1v) is 12.7. The molecule has 174 valence electrons. The molecule has 2 aliphatic heterocycles. The number of amidine groups is 1. The van der Waals surface area contributed by atoms with Crippen LogP contribution in [0.25, 0.3) is 0 Å². The van der Waals surface area contributed by atoms with Crippen LogP contribution in [0.15, 0.2) is 58.4 Å². The van der Waals surface area contributed by atoms with Gasteiger partial charge in [-0.15, -0.1) is 0 Å². The van der Waals surface area contributed by atoms with Gasteiger partial charge in [0.25, 0.3) is 10.0 Å². The highest BCUT2D eigenvalue weighted by atomic mass is 32.2. The monoisotopic (exact) mass is 468 g/mol. The number of fused-ring (bicyclic) bond motifs is 1. The molecule has 2 atom stereocenters. The highest BCUT2D eigenvalue weighted by Gasteiger charge is 2.33. The van der Waals surface area contributed by atoms with E-state index in [0.717, 1.165) is 24.2 Å². The summed E-state index contributed by atoms with van der Waals surface area (Å²) in [6, 6.07) is 13.4. The smallest absolute Gasteiger partial charge is 0.263 e. The molecule has 2 aromatic carbocycles. The molecule has 0 spiro atoms. The number of benzene rings is 2. The van der Waals surface area contributed by atoms with Gasteiger partial charge in [-0.05, 0) is 42.2 Å². The Labute approximate surface area is 194 Å². The fourth-order valence-electron chi connectivity index (χ4n) is 4.04. The predicted molar refractivity (Wildman–Crippen MR) is 126 cm³/mol. The van der Waals surface area contributed by atoms with E-state index in [1.54, 1.807) is 23.1 Å². The number of rotatable bonds is 7. The highest BCUT2D eigenvalue weighted by molar-refractivity contribution is 7.90. The summed E-state index contributed by atoms with van der Waals surface area (Å²) in [5.41, 5.74) is 2.25. The number of anilines is 1. The van der Waals surface area contributed by atoms with Crippen molar-refractivity contribution < 1.29 is 18.0 Å². The summed E-state index contributed by atoms with van der Waals surface area (Å²) in [5, 5.41) is 2.93. The molecule has 0 aliphatic carbocycles. The average molecular weight is 469 g/mol. The van der Waals surface area contributed by atoms with Gasteiger partial charge in [0.2, 0.25) is 11.8 Å². The van der Waals surface area contributed by atoms with E-state index in [0.29, 0.717) is 24.9 Å². The van der Waals surface area contributed by atoms with Crippen LogP contribution in [0.4, 0.5) is 5.69 Å². The lowest BCUT2D eigenvalue weighted by Crippen LogP contribution is -2.38. The zero-order chi connectivity index (χ0) is 23.6. The van der Waals surface area contributed by atoms with Crippen molar-refractivity contribution in [3.8, 4) is 0 Å². The molecule has 0 saturated carbocycles. The normalized spacial score (nSPS) is 19.8. The molecule has 9 heteroatoms. The molecule has 2 heterocycles. The number of aliphatic imine (C=N–C) groups is 1. The van der Waals surface area contributed by atoms with Gasteiger partial charge in [-0.3, -0.25) is 19.3 Å². The van der Waals surface area contributed by atoms with E-state index in [4.69, 9.17) is 0 Å². The molecule has 2 aliphatic rings. The third-order valence-corrected chi connectivity index (χ3v) is 7.57. The predicted octanol–water partition coefficient (Wildman–Crippen LogP) is 2.58. The third-order valence-electron chi connectivity index (χ3n) is 6.17. The number of amides is 2. The van der Waals surface area contributed by atoms with Crippen LogP contribution in [-0.4, -0.2) is 38.7 Å². The topological polar surface area (TPSA) is 108 Å². The Morgan fingerprint density at radius 2 is 1.91 bits per heavy atom. The molecule has 0 radical (unpaired) electrons. The summed E-state index contributed by atoms with van der Waals surface area (Å²) in [7, 11) is -3.67. The number of nitrogens with zero attached hydrogens (tertiary/aromatic N) is 2. The van der Waals surface area contributed by atoms with E-state index in [9.17, 15) is 18.0 Å². The van der Waals surface area contributed by atoms with Gasteiger partial charge >= 0.3 is 0 Å². The molecule has 2 amide bonds. The first-order chi connectivity index (χ1) is 15.8.